The maximum atomic E-state index is 11.3. The first-order valence-electron chi connectivity index (χ1n) is 4.78. The maximum absolute atomic E-state index is 11.3. The number of aliphatic carboxylic acids is 1. The Labute approximate surface area is 94.2 Å². The van der Waals surface area contributed by atoms with Gasteiger partial charge in [0.05, 0.1) is 25.6 Å². The second-order valence-electron chi connectivity index (χ2n) is 3.11. The van der Waals surface area contributed by atoms with Gasteiger partial charge in [-0.25, -0.2) is 0 Å². The van der Waals surface area contributed by atoms with Crippen molar-refractivity contribution in [2.24, 2.45) is 0 Å². The standard InChI is InChI=1S/C10H15N3O3/c1-2-6-13(8-10(15)16)7-9(14)12-5-3-4-11/h2H,1,3,5-8H2,(H,12,14)(H,15,16). The third-order valence-electron chi connectivity index (χ3n) is 1.67. The highest BCUT2D eigenvalue weighted by molar-refractivity contribution is 5.79. The fraction of sp³-hybridized carbons (Fsp3) is 0.500. The highest BCUT2D eigenvalue weighted by Crippen LogP contribution is 1.88. The minimum Gasteiger partial charge on any atom is -0.480 e. The molecule has 0 aromatic heterocycles. The number of nitrogens with one attached hydrogen (secondary N) is 1. The Bertz CT molecular complexity index is 296. The molecule has 0 unspecified atom stereocenters. The van der Waals surface area contributed by atoms with Crippen LogP contribution in [0.2, 0.25) is 0 Å². The monoisotopic (exact) mass is 225 g/mol. The van der Waals surface area contributed by atoms with Crippen LogP contribution in [0.3, 0.4) is 0 Å². The molecule has 0 bridgehead atoms. The van der Waals surface area contributed by atoms with Crippen molar-refractivity contribution in [2.75, 3.05) is 26.2 Å². The molecular weight excluding hydrogens is 210 g/mol. The SMILES string of the molecule is C=CCN(CC(=O)O)CC(=O)NCCC#N. The second-order valence-corrected chi connectivity index (χ2v) is 3.11. The minimum absolute atomic E-state index is 0.0102. The molecule has 6 heteroatoms. The summed E-state index contributed by atoms with van der Waals surface area (Å²) in [7, 11) is 0. The van der Waals surface area contributed by atoms with Gasteiger partial charge in [-0.1, -0.05) is 6.08 Å². The molecule has 1 amide bonds. The Morgan fingerprint density at radius 2 is 2.19 bits per heavy atom. The van der Waals surface area contributed by atoms with Crippen LogP contribution in [0.15, 0.2) is 12.7 Å². The Morgan fingerprint density at radius 1 is 1.50 bits per heavy atom. The van der Waals surface area contributed by atoms with Crippen LogP contribution in [0.4, 0.5) is 0 Å². The number of carbonyl (C=O) groups is 2. The molecule has 88 valence electrons. The summed E-state index contributed by atoms with van der Waals surface area (Å²) in [6, 6.07) is 1.90. The van der Waals surface area contributed by atoms with E-state index in [1.807, 2.05) is 6.07 Å². The molecule has 0 aliphatic carbocycles. The third kappa shape index (κ3) is 7.53. The van der Waals surface area contributed by atoms with Crippen LogP contribution in [-0.2, 0) is 9.59 Å². The fourth-order valence-electron chi connectivity index (χ4n) is 1.08. The third-order valence-corrected chi connectivity index (χ3v) is 1.67. The average molecular weight is 225 g/mol. The minimum atomic E-state index is -0.994. The molecule has 16 heavy (non-hydrogen) atoms. The topological polar surface area (TPSA) is 93.4 Å². The number of rotatable bonds is 8. The summed E-state index contributed by atoms with van der Waals surface area (Å²) in [6.07, 6.45) is 1.78. The van der Waals surface area contributed by atoms with Gasteiger partial charge < -0.3 is 10.4 Å². The quantitative estimate of drug-likeness (QED) is 0.432. The highest BCUT2D eigenvalue weighted by atomic mass is 16.4. The molecule has 0 aliphatic rings. The number of carbonyl (C=O) groups excluding carboxylic acids is 1. The van der Waals surface area contributed by atoms with E-state index in [0.29, 0.717) is 6.54 Å². The van der Waals surface area contributed by atoms with Gasteiger partial charge in [-0.2, -0.15) is 5.26 Å². The van der Waals surface area contributed by atoms with E-state index in [2.05, 4.69) is 11.9 Å². The Hall–Kier alpha value is -1.87. The number of nitrogens with zero attached hydrogens (tertiary/aromatic N) is 2. The highest BCUT2D eigenvalue weighted by Gasteiger charge is 2.11. The molecular formula is C10H15N3O3. The summed E-state index contributed by atoms with van der Waals surface area (Å²) in [4.78, 5) is 23.2. The van der Waals surface area contributed by atoms with Crippen LogP contribution in [0.1, 0.15) is 6.42 Å². The van der Waals surface area contributed by atoms with E-state index >= 15 is 0 Å². The molecule has 0 heterocycles. The molecule has 0 spiro atoms. The molecule has 0 aromatic rings. The lowest BCUT2D eigenvalue weighted by atomic mass is 10.4. The zero-order chi connectivity index (χ0) is 12.4. The number of hydrogen-bond acceptors (Lipinski definition) is 4. The van der Waals surface area contributed by atoms with Crippen molar-refractivity contribution >= 4 is 11.9 Å². The first-order valence-corrected chi connectivity index (χ1v) is 4.78. The van der Waals surface area contributed by atoms with E-state index in [0.717, 1.165) is 0 Å². The lowest BCUT2D eigenvalue weighted by Gasteiger charge is -2.17. The van der Waals surface area contributed by atoms with Crippen molar-refractivity contribution in [1.29, 1.82) is 5.26 Å². The van der Waals surface area contributed by atoms with E-state index in [-0.39, 0.29) is 32.0 Å². The summed E-state index contributed by atoms with van der Waals surface area (Å²) in [5, 5.41) is 19.4. The van der Waals surface area contributed by atoms with Gasteiger partial charge in [0.25, 0.3) is 0 Å². The lowest BCUT2D eigenvalue weighted by Crippen LogP contribution is -2.40. The number of carboxylic acid groups (broad SMARTS) is 1. The largest absolute Gasteiger partial charge is 0.480 e. The normalized spacial score (nSPS) is 9.50. The molecule has 0 rings (SSSR count). The number of nitriles is 1. The van der Waals surface area contributed by atoms with Crippen molar-refractivity contribution in [2.45, 2.75) is 6.42 Å². The van der Waals surface area contributed by atoms with Gasteiger partial charge in [0.1, 0.15) is 0 Å². The van der Waals surface area contributed by atoms with Crippen molar-refractivity contribution in [3.8, 4) is 6.07 Å². The summed E-state index contributed by atoms with van der Waals surface area (Å²) >= 11 is 0. The van der Waals surface area contributed by atoms with E-state index < -0.39 is 5.97 Å². The lowest BCUT2D eigenvalue weighted by molar-refractivity contribution is -0.138. The van der Waals surface area contributed by atoms with E-state index in [1.54, 1.807) is 0 Å². The maximum Gasteiger partial charge on any atom is 0.317 e. The second kappa shape index (κ2) is 8.44. The van der Waals surface area contributed by atoms with Crippen molar-refractivity contribution in [1.82, 2.24) is 10.2 Å². The van der Waals surface area contributed by atoms with Crippen molar-refractivity contribution < 1.29 is 14.7 Å². The molecule has 0 aliphatic heterocycles. The van der Waals surface area contributed by atoms with Crippen molar-refractivity contribution in [3.63, 3.8) is 0 Å². The predicted molar refractivity (Wildman–Crippen MR) is 57.5 cm³/mol. The van der Waals surface area contributed by atoms with Gasteiger partial charge in [0.2, 0.25) is 5.91 Å². The molecule has 0 saturated heterocycles. The van der Waals surface area contributed by atoms with Crippen LogP contribution >= 0.6 is 0 Å². The average Bonchev–Trinajstić information content (AvgIpc) is 2.17. The summed E-state index contributed by atoms with van der Waals surface area (Å²) in [6.45, 7) is 3.87. The molecule has 2 N–H and O–H groups in total. The molecule has 0 radical (unpaired) electrons. The van der Waals surface area contributed by atoms with Gasteiger partial charge >= 0.3 is 5.97 Å². The van der Waals surface area contributed by atoms with E-state index in [4.69, 9.17) is 10.4 Å². The zero-order valence-electron chi connectivity index (χ0n) is 8.98. The molecule has 0 aromatic carbocycles. The number of amides is 1. The van der Waals surface area contributed by atoms with Crippen LogP contribution in [0.25, 0.3) is 0 Å². The van der Waals surface area contributed by atoms with Crippen LogP contribution in [0, 0.1) is 11.3 Å². The van der Waals surface area contributed by atoms with Gasteiger partial charge in [0, 0.05) is 13.1 Å². The summed E-state index contributed by atoms with van der Waals surface area (Å²) in [5.74, 6) is -1.29. The van der Waals surface area contributed by atoms with Crippen LogP contribution in [0.5, 0.6) is 0 Å². The van der Waals surface area contributed by atoms with E-state index in [1.165, 1.54) is 11.0 Å². The molecule has 0 fully saturated rings. The van der Waals surface area contributed by atoms with Gasteiger partial charge in [-0.15, -0.1) is 6.58 Å². The Balaban J connectivity index is 3.97. The first-order chi connectivity index (χ1) is 7.60. The predicted octanol–water partition coefficient (Wildman–Crippen LogP) is -0.411. The van der Waals surface area contributed by atoms with E-state index in [9.17, 15) is 9.59 Å². The van der Waals surface area contributed by atoms with Gasteiger partial charge in [-0.05, 0) is 0 Å². The zero-order valence-corrected chi connectivity index (χ0v) is 8.98. The first kappa shape index (κ1) is 14.1. The summed E-state index contributed by atoms with van der Waals surface area (Å²) in [5.41, 5.74) is 0. The Kier molecular flexibility index (Phi) is 7.45. The fourth-order valence-corrected chi connectivity index (χ4v) is 1.08. The van der Waals surface area contributed by atoms with Crippen LogP contribution in [-0.4, -0.2) is 48.1 Å². The summed E-state index contributed by atoms with van der Waals surface area (Å²) < 4.78 is 0. The molecule has 6 nitrogen and oxygen atoms in total. The van der Waals surface area contributed by atoms with Gasteiger partial charge in [-0.3, -0.25) is 14.5 Å². The van der Waals surface area contributed by atoms with Crippen LogP contribution < -0.4 is 5.32 Å². The van der Waals surface area contributed by atoms with Crippen molar-refractivity contribution in [3.05, 3.63) is 12.7 Å². The van der Waals surface area contributed by atoms with Gasteiger partial charge in [0.15, 0.2) is 0 Å². The number of hydrogen-bond donors (Lipinski definition) is 2. The number of carboxylic acids is 1. The molecule has 0 saturated carbocycles. The Morgan fingerprint density at radius 3 is 2.69 bits per heavy atom. The molecule has 0 atom stereocenters. The smallest absolute Gasteiger partial charge is 0.317 e.